The Morgan fingerprint density at radius 3 is 2.42 bits per heavy atom. The number of hydrogen-bond donors (Lipinski definition) is 0. The van der Waals surface area contributed by atoms with Gasteiger partial charge in [0.15, 0.2) is 0 Å². The molecule has 0 saturated heterocycles. The molecule has 0 aromatic carbocycles. The maximum Gasteiger partial charge on any atom is 0.148 e. The van der Waals surface area contributed by atoms with Gasteiger partial charge in [0, 0.05) is 18.0 Å². The molecule has 0 aliphatic carbocycles. The Kier molecular flexibility index (Phi) is 14.0. The van der Waals surface area contributed by atoms with E-state index in [0.29, 0.717) is 14.6 Å². The molecule has 1 aliphatic rings. The van der Waals surface area contributed by atoms with E-state index in [1.54, 1.807) is 0 Å². The van der Waals surface area contributed by atoms with Gasteiger partial charge in [0.05, 0.1) is 27.7 Å². The molecule has 13 unspecified atom stereocenters. The Morgan fingerprint density at radius 1 is 1.19 bits per heavy atom. The summed E-state index contributed by atoms with van der Waals surface area (Å²) in [6.45, 7) is 0.540. The zero-order valence-electron chi connectivity index (χ0n) is 13.2. The lowest BCUT2D eigenvalue weighted by Crippen LogP contribution is -2.48. The number of rotatable bonds is 9. The molecule has 1 aliphatic heterocycles. The van der Waals surface area contributed by atoms with Crippen LogP contribution in [0, 0.1) is 7.40 Å². The highest BCUT2D eigenvalue weighted by Crippen LogP contribution is 2.67. The van der Waals surface area contributed by atoms with Gasteiger partial charge in [0.1, 0.15) is 31.5 Å². The Morgan fingerprint density at radius 2 is 1.88 bits per heavy atom. The Hall–Kier alpha value is 4.81. The van der Waals surface area contributed by atoms with Crippen LogP contribution in [-0.2, 0) is 18.1 Å². The molecule has 13 atom stereocenters. The van der Waals surface area contributed by atoms with E-state index in [9.17, 15) is 0 Å². The predicted molar refractivity (Wildman–Crippen MR) is 155 cm³/mol. The van der Waals surface area contributed by atoms with E-state index < -0.39 is 15.1 Å². The van der Waals surface area contributed by atoms with Crippen LogP contribution in [0.15, 0.2) is 0 Å². The van der Waals surface area contributed by atoms with Gasteiger partial charge in [-0.3, -0.25) is 0 Å². The van der Waals surface area contributed by atoms with Crippen LogP contribution >= 0.6 is 131 Å². The molecule has 18 heteroatoms. The molecular formula is C8H20I2N2O4P10. The van der Waals surface area contributed by atoms with Crippen LogP contribution in [0.1, 0.15) is 18.0 Å². The van der Waals surface area contributed by atoms with Gasteiger partial charge < -0.3 is 22.7 Å². The molecule has 26 heavy (non-hydrogen) atoms. The average Bonchev–Trinajstić information content (AvgIpc) is 2.89. The average molecular weight is 772 g/mol. The van der Waals surface area contributed by atoms with E-state index in [2.05, 4.69) is 104 Å². The van der Waals surface area contributed by atoms with Gasteiger partial charge in [-0.05, 0) is 53.1 Å². The third-order valence-corrected chi connectivity index (χ3v) is 17.3. The first-order valence-corrected chi connectivity index (χ1v) is 23.2. The molecule has 150 valence electrons. The first kappa shape index (κ1) is 27.1. The summed E-state index contributed by atoms with van der Waals surface area (Å²) in [5.74, 6) is 0.855. The van der Waals surface area contributed by atoms with Crippen molar-refractivity contribution in [3.05, 3.63) is 13.2 Å². The fourth-order valence-electron chi connectivity index (χ4n) is 2.58. The maximum absolute atomic E-state index is 6.32. The van der Waals surface area contributed by atoms with Crippen LogP contribution in [0.25, 0.3) is 0 Å². The predicted octanol–water partition coefficient (Wildman–Crippen LogP) is 6.21. The zero-order valence-corrected chi connectivity index (χ0v) is 28.2. The molecule has 6 nitrogen and oxygen atoms in total. The third-order valence-electron chi connectivity index (χ3n) is 3.53. The van der Waals surface area contributed by atoms with E-state index in [4.69, 9.17) is 23.1 Å². The zero-order chi connectivity index (χ0) is 19.4. The lowest BCUT2D eigenvalue weighted by Gasteiger charge is -2.42. The van der Waals surface area contributed by atoms with Gasteiger partial charge >= 0.3 is 0 Å². The number of halogens is 2. The highest BCUT2D eigenvalue weighted by molar-refractivity contribution is 14.1. The Labute approximate surface area is 200 Å². The first-order valence-electron chi connectivity index (χ1n) is 6.85. The van der Waals surface area contributed by atoms with Crippen LogP contribution in [0.5, 0.6) is 0 Å². The molecule has 1 aromatic rings. The minimum atomic E-state index is -0.742. The molecule has 0 radical (unpaired) electrons. The molecule has 0 amide bonds. The van der Waals surface area contributed by atoms with Crippen molar-refractivity contribution < 1.29 is 18.1 Å². The molecule has 1 aromatic heterocycles. The van der Waals surface area contributed by atoms with Crippen LogP contribution in [0.4, 0.5) is 0 Å². The smallest absolute Gasteiger partial charge is 0.148 e. The van der Waals surface area contributed by atoms with Crippen LogP contribution in [0.3, 0.4) is 0 Å². The van der Waals surface area contributed by atoms with E-state index in [1.165, 1.54) is 0 Å². The summed E-state index contributed by atoms with van der Waals surface area (Å²) < 4.78 is 28.5. The second-order valence-corrected chi connectivity index (χ2v) is 22.7. The van der Waals surface area contributed by atoms with Crippen LogP contribution in [0.2, 0.25) is 0 Å². The Balaban J connectivity index is 2.49. The van der Waals surface area contributed by atoms with Crippen molar-refractivity contribution in [1.82, 2.24) is 9.55 Å². The van der Waals surface area contributed by atoms with Crippen molar-refractivity contribution in [2.45, 2.75) is 24.4 Å². The quantitative estimate of drug-likeness (QED) is 0.221. The third kappa shape index (κ3) is 6.90. The number of aromatic nitrogens is 2. The second-order valence-electron chi connectivity index (χ2n) is 4.93. The van der Waals surface area contributed by atoms with Crippen LogP contribution in [-0.4, -0.2) is 28.4 Å². The van der Waals surface area contributed by atoms with E-state index in [-0.39, 0.29) is 32.8 Å². The number of fused-ring (bicyclic) bond motifs is 1. The number of imidazole rings is 1. The molecule has 0 saturated carbocycles. The summed E-state index contributed by atoms with van der Waals surface area (Å²) in [6.07, 6.45) is -0.793. The number of nitrogens with zero attached hydrogens (tertiary/aromatic N) is 2. The van der Waals surface area contributed by atoms with Gasteiger partial charge in [0.2, 0.25) is 0 Å². The molecule has 0 fully saturated rings. The van der Waals surface area contributed by atoms with Crippen LogP contribution < -0.4 is 0 Å². The summed E-state index contributed by atoms with van der Waals surface area (Å²) >= 11 is 4.59. The summed E-state index contributed by atoms with van der Waals surface area (Å²) in [4.78, 5) is 4.75. The molecule has 0 N–H and O–H groups in total. The summed E-state index contributed by atoms with van der Waals surface area (Å²) in [5.41, 5.74) is 0. The lowest BCUT2D eigenvalue weighted by molar-refractivity contribution is -0.0572. The standard InChI is InChI=1S/C8H20I2N2O4P10/c9-6-7(10)12-2(1-13-26(22)24-19)3(16-25(20)21)4(15-23-18)5(14-17)8(12)11-6/h2-5,23-24H,1,17-22H2. The van der Waals surface area contributed by atoms with Crippen molar-refractivity contribution in [2.75, 3.05) is 6.61 Å². The van der Waals surface area contributed by atoms with Crippen molar-refractivity contribution in [2.24, 2.45) is 0 Å². The van der Waals surface area contributed by atoms with Crippen molar-refractivity contribution in [1.29, 1.82) is 0 Å². The maximum atomic E-state index is 6.32. The summed E-state index contributed by atoms with van der Waals surface area (Å²) in [5, 5.41) is 0. The van der Waals surface area contributed by atoms with Gasteiger partial charge in [-0.15, -0.1) is 8.93 Å². The fraction of sp³-hybridized carbons (Fsp3) is 0.625. The largest absolute Gasteiger partial charge is 0.352 e. The summed E-state index contributed by atoms with van der Waals surface area (Å²) in [6, 6.07) is -0.0336. The highest BCUT2D eigenvalue weighted by Gasteiger charge is 2.48. The van der Waals surface area contributed by atoms with Gasteiger partial charge in [-0.1, -0.05) is 35.7 Å². The number of hydrogen-bond acceptors (Lipinski definition) is 5. The monoisotopic (exact) mass is 772 g/mol. The molecule has 2 heterocycles. The van der Waals surface area contributed by atoms with Crippen molar-refractivity contribution in [3.8, 4) is 0 Å². The highest BCUT2D eigenvalue weighted by atomic mass is 127. The van der Waals surface area contributed by atoms with Crippen molar-refractivity contribution in [3.63, 3.8) is 0 Å². The molecule has 0 spiro atoms. The minimum absolute atomic E-state index is 0.0336. The molecular weight excluding hydrogens is 752 g/mol. The van der Waals surface area contributed by atoms with E-state index in [1.807, 2.05) is 0 Å². The fourth-order valence-corrected chi connectivity index (χ4v) is 8.13. The molecule has 0 bridgehead atoms. The minimum Gasteiger partial charge on any atom is -0.352 e. The van der Waals surface area contributed by atoms with Crippen molar-refractivity contribution >= 4 is 131 Å². The van der Waals surface area contributed by atoms with Gasteiger partial charge in [-0.2, -0.15) is 0 Å². The van der Waals surface area contributed by atoms with Gasteiger partial charge in [0.25, 0.3) is 0 Å². The topological polar surface area (TPSA) is 54.7 Å². The van der Waals surface area contributed by atoms with E-state index >= 15 is 0 Å². The summed E-state index contributed by atoms with van der Waals surface area (Å²) in [7, 11) is 15.6. The second kappa shape index (κ2) is 13.5. The lowest BCUT2D eigenvalue weighted by atomic mass is 9.96. The molecule has 2 rings (SSSR count). The Bertz CT molecular complexity index is 600. The first-order chi connectivity index (χ1) is 12.3. The van der Waals surface area contributed by atoms with Gasteiger partial charge in [-0.25, -0.2) is 4.98 Å². The normalized spacial score (nSPS) is 27.9. The van der Waals surface area contributed by atoms with E-state index in [0.717, 1.165) is 13.2 Å². The SMILES string of the molecule is POC1c2nc(I)c(I)n2C(COP(P)PP)C(OP(P)P)C1OPP.